The van der Waals surface area contributed by atoms with Gasteiger partial charge in [0.2, 0.25) is 0 Å². The van der Waals surface area contributed by atoms with E-state index in [-0.39, 0.29) is 0 Å². The van der Waals surface area contributed by atoms with Crippen molar-refractivity contribution in [2.75, 3.05) is 23.2 Å². The van der Waals surface area contributed by atoms with Gasteiger partial charge in [0, 0.05) is 0 Å². The Bertz CT molecular complexity index is 314. The van der Waals surface area contributed by atoms with Crippen molar-refractivity contribution in [1.82, 2.24) is 0 Å². The minimum atomic E-state index is 0.356. The Kier molecular flexibility index (Phi) is 4.57. The highest BCUT2D eigenvalue weighted by atomic mass is 16.5. The molecule has 4 heteroatoms. The summed E-state index contributed by atoms with van der Waals surface area (Å²) < 4.78 is 0. The SMILES string of the molecule is C=CCN(O)c1ccc(N(O)CC=C)cc1. The monoisotopic (exact) mass is 220 g/mol. The van der Waals surface area contributed by atoms with Crippen molar-refractivity contribution in [1.29, 1.82) is 0 Å². The van der Waals surface area contributed by atoms with E-state index in [1.807, 2.05) is 0 Å². The standard InChI is InChI=1S/C12H16N2O2/c1-3-9-13(15)11-5-7-12(8-6-11)14(16)10-4-2/h3-8,15-16H,1-2,9-10H2. The molecule has 1 aromatic rings. The zero-order chi connectivity index (χ0) is 12.0. The third-order valence-corrected chi connectivity index (χ3v) is 2.05. The molecule has 0 radical (unpaired) electrons. The van der Waals surface area contributed by atoms with Gasteiger partial charge in [0.25, 0.3) is 0 Å². The predicted octanol–water partition coefficient (Wildman–Crippen LogP) is 2.45. The van der Waals surface area contributed by atoms with Crippen LogP contribution in [0.15, 0.2) is 49.6 Å². The minimum absolute atomic E-state index is 0.356. The second-order valence-corrected chi connectivity index (χ2v) is 3.26. The number of benzene rings is 1. The first kappa shape index (κ1) is 12.3. The minimum Gasteiger partial charge on any atom is -0.288 e. The lowest BCUT2D eigenvalue weighted by Crippen LogP contribution is -2.19. The first-order valence-electron chi connectivity index (χ1n) is 4.93. The molecule has 0 aromatic heterocycles. The van der Waals surface area contributed by atoms with Gasteiger partial charge in [0.15, 0.2) is 0 Å². The van der Waals surface area contributed by atoms with Gasteiger partial charge in [-0.05, 0) is 24.3 Å². The summed E-state index contributed by atoms with van der Waals surface area (Å²) in [5, 5.41) is 21.2. The molecule has 0 unspecified atom stereocenters. The first-order valence-corrected chi connectivity index (χ1v) is 4.93. The second kappa shape index (κ2) is 5.95. The van der Waals surface area contributed by atoms with Crippen molar-refractivity contribution in [3.8, 4) is 0 Å². The van der Waals surface area contributed by atoms with Crippen molar-refractivity contribution < 1.29 is 10.4 Å². The molecular formula is C12H16N2O2. The molecule has 0 aliphatic carbocycles. The maximum absolute atomic E-state index is 9.52. The normalized spacial score (nSPS) is 9.62. The van der Waals surface area contributed by atoms with Crippen LogP contribution < -0.4 is 10.1 Å². The van der Waals surface area contributed by atoms with Gasteiger partial charge in [-0.1, -0.05) is 12.2 Å². The van der Waals surface area contributed by atoms with Gasteiger partial charge in [0.1, 0.15) is 0 Å². The number of hydrogen-bond acceptors (Lipinski definition) is 4. The summed E-state index contributed by atoms with van der Waals surface area (Å²) in [6.45, 7) is 7.78. The molecule has 1 aromatic carbocycles. The van der Waals surface area contributed by atoms with E-state index in [2.05, 4.69) is 13.2 Å². The van der Waals surface area contributed by atoms with E-state index in [9.17, 15) is 10.4 Å². The largest absolute Gasteiger partial charge is 0.288 e. The van der Waals surface area contributed by atoms with Gasteiger partial charge >= 0.3 is 0 Å². The lowest BCUT2D eigenvalue weighted by Gasteiger charge is -2.18. The highest BCUT2D eigenvalue weighted by Crippen LogP contribution is 2.18. The van der Waals surface area contributed by atoms with Crippen LogP contribution in [0, 0.1) is 0 Å². The molecule has 0 spiro atoms. The lowest BCUT2D eigenvalue weighted by atomic mass is 10.2. The van der Waals surface area contributed by atoms with Gasteiger partial charge in [-0.15, -0.1) is 13.2 Å². The third-order valence-electron chi connectivity index (χ3n) is 2.05. The van der Waals surface area contributed by atoms with E-state index < -0.39 is 0 Å². The van der Waals surface area contributed by atoms with Crippen LogP contribution in [0.1, 0.15) is 0 Å². The van der Waals surface area contributed by atoms with E-state index in [4.69, 9.17) is 0 Å². The first-order chi connectivity index (χ1) is 7.69. The Hall–Kier alpha value is -1.78. The fraction of sp³-hybridized carbons (Fsp3) is 0.167. The number of anilines is 2. The van der Waals surface area contributed by atoms with Gasteiger partial charge in [0.05, 0.1) is 24.5 Å². The van der Waals surface area contributed by atoms with E-state index in [0.717, 1.165) is 10.1 Å². The highest BCUT2D eigenvalue weighted by Gasteiger charge is 2.03. The molecule has 2 N–H and O–H groups in total. The third kappa shape index (κ3) is 3.12. The summed E-state index contributed by atoms with van der Waals surface area (Å²) in [4.78, 5) is 0. The van der Waals surface area contributed by atoms with Gasteiger partial charge < -0.3 is 0 Å². The molecular weight excluding hydrogens is 204 g/mol. The molecule has 0 saturated heterocycles. The Balaban J connectivity index is 2.74. The Morgan fingerprint density at radius 1 is 0.875 bits per heavy atom. The quantitative estimate of drug-likeness (QED) is 0.571. The van der Waals surface area contributed by atoms with Crippen LogP contribution in [0.3, 0.4) is 0 Å². The molecule has 0 amide bonds. The van der Waals surface area contributed by atoms with Crippen LogP contribution in [0.25, 0.3) is 0 Å². The molecule has 1 rings (SSSR count). The van der Waals surface area contributed by atoms with Gasteiger partial charge in [-0.3, -0.25) is 20.5 Å². The molecule has 0 saturated carbocycles. The molecule has 86 valence electrons. The van der Waals surface area contributed by atoms with Crippen molar-refractivity contribution in [2.24, 2.45) is 0 Å². The van der Waals surface area contributed by atoms with Crippen LogP contribution >= 0.6 is 0 Å². The van der Waals surface area contributed by atoms with Crippen LogP contribution in [0.2, 0.25) is 0 Å². The van der Waals surface area contributed by atoms with Crippen molar-refractivity contribution in [2.45, 2.75) is 0 Å². The van der Waals surface area contributed by atoms with E-state index >= 15 is 0 Å². The predicted molar refractivity (Wildman–Crippen MR) is 65.1 cm³/mol. The molecule has 0 heterocycles. The smallest absolute Gasteiger partial charge is 0.0639 e. The van der Waals surface area contributed by atoms with E-state index in [1.54, 1.807) is 36.4 Å². The number of hydroxylamine groups is 2. The number of hydrogen-bond donors (Lipinski definition) is 2. The molecule has 4 nitrogen and oxygen atoms in total. The Morgan fingerprint density at radius 3 is 1.44 bits per heavy atom. The summed E-state index contributed by atoms with van der Waals surface area (Å²) in [5.74, 6) is 0. The summed E-state index contributed by atoms with van der Waals surface area (Å²) in [5.41, 5.74) is 1.30. The summed E-state index contributed by atoms with van der Waals surface area (Å²) >= 11 is 0. The highest BCUT2D eigenvalue weighted by molar-refractivity contribution is 5.54. The number of rotatable bonds is 6. The van der Waals surface area contributed by atoms with Crippen LogP contribution in [0.4, 0.5) is 11.4 Å². The molecule has 16 heavy (non-hydrogen) atoms. The molecule has 0 atom stereocenters. The topological polar surface area (TPSA) is 46.9 Å². The molecule has 0 aliphatic rings. The van der Waals surface area contributed by atoms with E-state index in [1.165, 1.54) is 0 Å². The average molecular weight is 220 g/mol. The maximum atomic E-state index is 9.52. The zero-order valence-electron chi connectivity index (χ0n) is 9.08. The fourth-order valence-corrected chi connectivity index (χ4v) is 1.25. The fourth-order valence-electron chi connectivity index (χ4n) is 1.25. The van der Waals surface area contributed by atoms with Crippen molar-refractivity contribution >= 4 is 11.4 Å². The summed E-state index contributed by atoms with van der Waals surface area (Å²) in [6, 6.07) is 6.85. The van der Waals surface area contributed by atoms with Crippen molar-refractivity contribution in [3.05, 3.63) is 49.6 Å². The van der Waals surface area contributed by atoms with Gasteiger partial charge in [-0.2, -0.15) is 0 Å². The van der Waals surface area contributed by atoms with E-state index in [0.29, 0.717) is 24.5 Å². The second-order valence-electron chi connectivity index (χ2n) is 3.26. The summed E-state index contributed by atoms with van der Waals surface area (Å²) in [7, 11) is 0. The summed E-state index contributed by atoms with van der Waals surface area (Å²) in [6.07, 6.45) is 3.20. The van der Waals surface area contributed by atoms with Crippen LogP contribution in [0.5, 0.6) is 0 Å². The number of nitrogens with zero attached hydrogens (tertiary/aromatic N) is 2. The molecule has 0 aliphatic heterocycles. The Labute approximate surface area is 95.3 Å². The van der Waals surface area contributed by atoms with Crippen LogP contribution in [-0.4, -0.2) is 23.5 Å². The molecule has 0 bridgehead atoms. The molecule has 0 fully saturated rings. The Morgan fingerprint density at radius 2 is 1.19 bits per heavy atom. The average Bonchev–Trinajstić information content (AvgIpc) is 2.30. The maximum Gasteiger partial charge on any atom is 0.0639 e. The van der Waals surface area contributed by atoms with Gasteiger partial charge in [-0.25, -0.2) is 0 Å². The van der Waals surface area contributed by atoms with Crippen molar-refractivity contribution in [3.63, 3.8) is 0 Å². The van der Waals surface area contributed by atoms with Crippen LogP contribution in [-0.2, 0) is 0 Å². The lowest BCUT2D eigenvalue weighted by molar-refractivity contribution is 0.263. The zero-order valence-corrected chi connectivity index (χ0v) is 9.08.